The fourth-order valence-electron chi connectivity index (χ4n) is 2.37. The molecule has 0 saturated heterocycles. The zero-order valence-corrected chi connectivity index (χ0v) is 15.0. The van der Waals surface area contributed by atoms with Crippen LogP contribution in [0.25, 0.3) is 10.6 Å². The van der Waals surface area contributed by atoms with Crippen LogP contribution in [-0.2, 0) is 16.0 Å². The normalized spacial score (nSPS) is 10.5. The highest BCUT2D eigenvalue weighted by atomic mass is 32.1. The van der Waals surface area contributed by atoms with Crippen LogP contribution in [0.3, 0.4) is 0 Å². The lowest BCUT2D eigenvalue weighted by atomic mass is 10.2. The number of methoxy groups -OCH3 is 1. The minimum atomic E-state index is -0.672. The molecule has 0 saturated carbocycles. The summed E-state index contributed by atoms with van der Waals surface area (Å²) in [7, 11) is 1.21. The molecule has 5 nitrogen and oxygen atoms in total. The molecule has 1 amide bonds. The standard InChI is InChI=1S/C19H14F2N2O3S/c1-26-19(25)12-5-6-15(21)16(8-12)23-17(24)9-14-10-27-18(22-14)11-3-2-4-13(20)7-11/h2-8,10H,9H2,1H3,(H,23,24). The van der Waals surface area contributed by atoms with E-state index in [-0.39, 0.29) is 23.5 Å². The zero-order chi connectivity index (χ0) is 19.4. The van der Waals surface area contributed by atoms with Crippen molar-refractivity contribution in [3.8, 4) is 10.6 Å². The summed E-state index contributed by atoms with van der Waals surface area (Å²) in [6, 6.07) is 9.54. The number of nitrogens with zero attached hydrogens (tertiary/aromatic N) is 1. The van der Waals surface area contributed by atoms with Crippen LogP contribution in [0.5, 0.6) is 0 Å². The molecule has 0 atom stereocenters. The van der Waals surface area contributed by atoms with Crippen LogP contribution < -0.4 is 5.32 Å². The summed E-state index contributed by atoms with van der Waals surface area (Å²) in [5.41, 5.74) is 1.09. The third-order valence-electron chi connectivity index (χ3n) is 3.63. The average Bonchev–Trinajstić information content (AvgIpc) is 3.11. The van der Waals surface area contributed by atoms with E-state index in [4.69, 9.17) is 0 Å². The highest BCUT2D eigenvalue weighted by Gasteiger charge is 2.14. The van der Waals surface area contributed by atoms with Gasteiger partial charge in [0.05, 0.1) is 30.5 Å². The second-order valence-electron chi connectivity index (χ2n) is 5.57. The van der Waals surface area contributed by atoms with E-state index >= 15 is 0 Å². The van der Waals surface area contributed by atoms with E-state index in [9.17, 15) is 18.4 Å². The van der Waals surface area contributed by atoms with E-state index in [0.29, 0.717) is 16.3 Å². The Kier molecular flexibility index (Phi) is 5.56. The van der Waals surface area contributed by atoms with Crippen LogP contribution in [0.1, 0.15) is 16.1 Å². The first-order valence-electron chi connectivity index (χ1n) is 7.84. The zero-order valence-electron chi connectivity index (χ0n) is 14.2. The Morgan fingerprint density at radius 1 is 1.19 bits per heavy atom. The topological polar surface area (TPSA) is 68.3 Å². The molecule has 0 aliphatic carbocycles. The molecule has 27 heavy (non-hydrogen) atoms. The molecule has 0 fully saturated rings. The maximum atomic E-state index is 13.9. The van der Waals surface area contributed by atoms with Gasteiger partial charge in [-0.25, -0.2) is 18.6 Å². The molecule has 0 aliphatic rings. The first kappa shape index (κ1) is 18.7. The molecule has 3 aromatic rings. The first-order valence-corrected chi connectivity index (χ1v) is 8.72. The third kappa shape index (κ3) is 4.53. The predicted molar refractivity (Wildman–Crippen MR) is 97.6 cm³/mol. The van der Waals surface area contributed by atoms with Crippen molar-refractivity contribution < 1.29 is 23.1 Å². The molecule has 0 bridgehead atoms. The largest absolute Gasteiger partial charge is 0.465 e. The fraction of sp³-hybridized carbons (Fsp3) is 0.105. The number of amides is 1. The molecule has 0 spiro atoms. The van der Waals surface area contributed by atoms with Crippen molar-refractivity contribution >= 4 is 28.9 Å². The van der Waals surface area contributed by atoms with Gasteiger partial charge >= 0.3 is 5.97 Å². The Morgan fingerprint density at radius 2 is 2.00 bits per heavy atom. The molecule has 1 heterocycles. The van der Waals surface area contributed by atoms with Gasteiger partial charge in [-0.2, -0.15) is 0 Å². The number of nitrogens with one attached hydrogen (secondary N) is 1. The Labute approximate surface area is 157 Å². The third-order valence-corrected chi connectivity index (χ3v) is 4.57. The minimum absolute atomic E-state index is 0.0896. The number of anilines is 1. The summed E-state index contributed by atoms with van der Waals surface area (Å²) in [4.78, 5) is 28.0. The van der Waals surface area contributed by atoms with Crippen LogP contribution in [0.2, 0.25) is 0 Å². The molecule has 1 N–H and O–H groups in total. The SMILES string of the molecule is COC(=O)c1ccc(F)c(NC(=O)Cc2csc(-c3cccc(F)c3)n2)c1. The maximum absolute atomic E-state index is 13.9. The highest BCUT2D eigenvalue weighted by molar-refractivity contribution is 7.13. The number of esters is 1. The number of hydrogen-bond acceptors (Lipinski definition) is 5. The molecule has 2 aromatic carbocycles. The van der Waals surface area contributed by atoms with E-state index in [1.807, 2.05) is 0 Å². The van der Waals surface area contributed by atoms with Crippen LogP contribution in [-0.4, -0.2) is 24.0 Å². The first-order chi connectivity index (χ1) is 13.0. The number of carbonyl (C=O) groups is 2. The number of hydrogen-bond donors (Lipinski definition) is 1. The number of carbonyl (C=O) groups excluding carboxylic acids is 2. The number of halogens is 2. The smallest absolute Gasteiger partial charge is 0.337 e. The molecule has 0 unspecified atom stereocenters. The number of rotatable bonds is 5. The van der Waals surface area contributed by atoms with Crippen LogP contribution >= 0.6 is 11.3 Å². The van der Waals surface area contributed by atoms with Gasteiger partial charge in [-0.3, -0.25) is 4.79 Å². The van der Waals surface area contributed by atoms with Crippen molar-refractivity contribution in [1.29, 1.82) is 0 Å². The van der Waals surface area contributed by atoms with Crippen molar-refractivity contribution in [2.75, 3.05) is 12.4 Å². The Hall–Kier alpha value is -3.13. The summed E-state index contributed by atoms with van der Waals surface area (Å²) in [6.45, 7) is 0. The maximum Gasteiger partial charge on any atom is 0.337 e. The van der Waals surface area contributed by atoms with E-state index < -0.39 is 17.7 Å². The van der Waals surface area contributed by atoms with Gasteiger partial charge in [0.25, 0.3) is 0 Å². The Bertz CT molecular complexity index is 1000. The summed E-state index contributed by atoms with van der Waals surface area (Å²) in [6.07, 6.45) is -0.0896. The van der Waals surface area contributed by atoms with Gasteiger partial charge in [-0.1, -0.05) is 12.1 Å². The average molecular weight is 388 g/mol. The lowest BCUT2D eigenvalue weighted by Crippen LogP contribution is -2.16. The highest BCUT2D eigenvalue weighted by Crippen LogP contribution is 2.25. The summed E-state index contributed by atoms with van der Waals surface area (Å²) < 4.78 is 31.8. The minimum Gasteiger partial charge on any atom is -0.465 e. The van der Waals surface area contributed by atoms with Crippen molar-refractivity contribution in [3.05, 3.63) is 70.7 Å². The van der Waals surface area contributed by atoms with Crippen LogP contribution in [0.15, 0.2) is 47.8 Å². The van der Waals surface area contributed by atoms with Gasteiger partial charge in [0.2, 0.25) is 5.91 Å². The van der Waals surface area contributed by atoms with Crippen molar-refractivity contribution in [1.82, 2.24) is 4.98 Å². The Balaban J connectivity index is 1.71. The molecule has 0 radical (unpaired) electrons. The van der Waals surface area contributed by atoms with Gasteiger partial charge < -0.3 is 10.1 Å². The van der Waals surface area contributed by atoms with E-state index in [1.54, 1.807) is 17.5 Å². The number of benzene rings is 2. The van der Waals surface area contributed by atoms with Gasteiger partial charge in [0.15, 0.2) is 0 Å². The number of aromatic nitrogens is 1. The van der Waals surface area contributed by atoms with Crippen molar-refractivity contribution in [2.24, 2.45) is 0 Å². The monoisotopic (exact) mass is 388 g/mol. The van der Waals surface area contributed by atoms with Crippen molar-refractivity contribution in [2.45, 2.75) is 6.42 Å². The predicted octanol–water partition coefficient (Wildman–Crippen LogP) is 4.06. The number of thiazole rings is 1. The molecule has 1 aromatic heterocycles. The second kappa shape index (κ2) is 8.05. The summed E-state index contributed by atoms with van der Waals surface area (Å²) in [5.74, 6) is -2.17. The van der Waals surface area contributed by atoms with E-state index in [1.165, 1.54) is 42.7 Å². The lowest BCUT2D eigenvalue weighted by Gasteiger charge is -2.07. The van der Waals surface area contributed by atoms with E-state index in [2.05, 4.69) is 15.0 Å². The van der Waals surface area contributed by atoms with Gasteiger partial charge in [-0.05, 0) is 30.3 Å². The molecular weight excluding hydrogens is 374 g/mol. The fourth-order valence-corrected chi connectivity index (χ4v) is 3.18. The molecule has 0 aliphatic heterocycles. The lowest BCUT2D eigenvalue weighted by molar-refractivity contribution is -0.115. The van der Waals surface area contributed by atoms with Gasteiger partial charge in [0.1, 0.15) is 16.6 Å². The molecule has 138 valence electrons. The Morgan fingerprint density at radius 3 is 2.74 bits per heavy atom. The van der Waals surface area contributed by atoms with Gasteiger partial charge in [0, 0.05) is 10.9 Å². The van der Waals surface area contributed by atoms with Gasteiger partial charge in [-0.15, -0.1) is 11.3 Å². The summed E-state index contributed by atoms with van der Waals surface area (Å²) in [5, 5.41) is 4.68. The quantitative estimate of drug-likeness (QED) is 0.670. The molecule has 8 heteroatoms. The molecule has 3 rings (SSSR count). The summed E-state index contributed by atoms with van der Waals surface area (Å²) >= 11 is 1.28. The second-order valence-corrected chi connectivity index (χ2v) is 6.42. The van der Waals surface area contributed by atoms with Crippen LogP contribution in [0, 0.1) is 11.6 Å². The van der Waals surface area contributed by atoms with Crippen LogP contribution in [0.4, 0.5) is 14.5 Å². The van der Waals surface area contributed by atoms with Crippen molar-refractivity contribution in [3.63, 3.8) is 0 Å². The van der Waals surface area contributed by atoms with E-state index in [0.717, 1.165) is 6.07 Å². The molecular formula is C19H14F2N2O3S. The number of ether oxygens (including phenoxy) is 1.